The van der Waals surface area contributed by atoms with Crippen molar-refractivity contribution < 1.29 is 4.79 Å². The van der Waals surface area contributed by atoms with Gasteiger partial charge in [0.25, 0.3) is 0 Å². The lowest BCUT2D eigenvalue weighted by molar-refractivity contribution is -0.129. The summed E-state index contributed by atoms with van der Waals surface area (Å²) in [5, 5.41) is 3.22. The Kier molecular flexibility index (Phi) is 4.99. The third kappa shape index (κ3) is 3.44. The molecule has 1 rings (SSSR count). The summed E-state index contributed by atoms with van der Waals surface area (Å²) in [7, 11) is 0. The van der Waals surface area contributed by atoms with Crippen LogP contribution in [0.25, 0.3) is 0 Å². The maximum Gasteiger partial charge on any atom is 0.223 e. The van der Waals surface area contributed by atoms with Gasteiger partial charge in [0.1, 0.15) is 0 Å². The van der Waals surface area contributed by atoms with E-state index >= 15 is 0 Å². The first kappa shape index (κ1) is 14.5. The van der Waals surface area contributed by atoms with Crippen molar-refractivity contribution >= 4 is 5.91 Å². The highest BCUT2D eigenvalue weighted by Gasteiger charge is 2.34. The van der Waals surface area contributed by atoms with Gasteiger partial charge in [-0.3, -0.25) is 4.79 Å². The topological polar surface area (TPSA) is 55.1 Å². The first-order chi connectivity index (χ1) is 7.93. The van der Waals surface area contributed by atoms with E-state index in [0.717, 1.165) is 32.1 Å². The van der Waals surface area contributed by atoms with E-state index in [9.17, 15) is 4.79 Å². The van der Waals surface area contributed by atoms with E-state index in [1.54, 1.807) is 0 Å². The summed E-state index contributed by atoms with van der Waals surface area (Å²) in [6.45, 7) is 8.49. The Balaban J connectivity index is 2.63. The molecule has 1 amide bonds. The molecule has 0 aromatic heterocycles. The fraction of sp³-hybridized carbons (Fsp3) is 0.929. The van der Waals surface area contributed by atoms with Gasteiger partial charge in [-0.2, -0.15) is 0 Å². The van der Waals surface area contributed by atoms with Crippen molar-refractivity contribution in [2.75, 3.05) is 0 Å². The third-order valence-electron chi connectivity index (χ3n) is 4.69. The van der Waals surface area contributed by atoms with E-state index in [-0.39, 0.29) is 23.4 Å². The molecule has 0 bridgehead atoms. The first-order valence-electron chi connectivity index (χ1n) is 7.01. The molecule has 1 aliphatic carbocycles. The smallest absolute Gasteiger partial charge is 0.223 e. The van der Waals surface area contributed by atoms with Crippen molar-refractivity contribution in [1.82, 2.24) is 5.32 Å². The molecule has 1 saturated carbocycles. The molecular formula is C14H28N2O. The van der Waals surface area contributed by atoms with Gasteiger partial charge in [0.2, 0.25) is 5.91 Å². The maximum absolute atomic E-state index is 12.3. The monoisotopic (exact) mass is 240 g/mol. The van der Waals surface area contributed by atoms with E-state index < -0.39 is 0 Å². The fourth-order valence-electron chi connectivity index (χ4n) is 2.58. The van der Waals surface area contributed by atoms with Crippen LogP contribution < -0.4 is 11.1 Å². The number of amides is 1. The average Bonchev–Trinajstić information content (AvgIpc) is 2.32. The van der Waals surface area contributed by atoms with Gasteiger partial charge in [-0.1, -0.05) is 27.2 Å². The van der Waals surface area contributed by atoms with E-state index in [2.05, 4.69) is 33.0 Å². The number of hydrogen-bond acceptors (Lipinski definition) is 2. The third-order valence-corrected chi connectivity index (χ3v) is 4.69. The molecule has 3 heteroatoms. The van der Waals surface area contributed by atoms with Gasteiger partial charge in [-0.05, 0) is 38.5 Å². The van der Waals surface area contributed by atoms with E-state index in [4.69, 9.17) is 5.73 Å². The lowest BCUT2D eigenvalue weighted by Gasteiger charge is -2.36. The van der Waals surface area contributed by atoms with E-state index in [0.29, 0.717) is 5.92 Å². The quantitative estimate of drug-likeness (QED) is 0.793. The number of carbonyl (C=O) groups is 1. The van der Waals surface area contributed by atoms with Gasteiger partial charge in [-0.15, -0.1) is 0 Å². The highest BCUT2D eigenvalue weighted by Crippen LogP contribution is 2.30. The van der Waals surface area contributed by atoms with Crippen LogP contribution in [0.2, 0.25) is 0 Å². The Labute approximate surface area is 106 Å². The number of carbonyl (C=O) groups excluding carboxylic acids is 1. The molecule has 0 aromatic rings. The Hall–Kier alpha value is -0.570. The van der Waals surface area contributed by atoms with Gasteiger partial charge < -0.3 is 11.1 Å². The van der Waals surface area contributed by atoms with Crippen LogP contribution in [-0.2, 0) is 4.79 Å². The Morgan fingerprint density at radius 1 is 1.35 bits per heavy atom. The van der Waals surface area contributed by atoms with Gasteiger partial charge in [0.05, 0.1) is 0 Å². The fourth-order valence-corrected chi connectivity index (χ4v) is 2.58. The van der Waals surface area contributed by atoms with Crippen LogP contribution in [0.5, 0.6) is 0 Å². The number of nitrogens with one attached hydrogen (secondary N) is 1. The predicted octanol–water partition coefficient (Wildman–Crippen LogP) is 2.44. The summed E-state index contributed by atoms with van der Waals surface area (Å²) in [5.41, 5.74) is 6.00. The standard InChI is InChI=1S/C14H28N2O/c1-5-14(4,6-2)16-13(17)11-8-7-9-12(15)10(11)3/h10-12H,5-9,15H2,1-4H3,(H,16,17). The molecule has 1 aliphatic rings. The van der Waals surface area contributed by atoms with Gasteiger partial charge in [0.15, 0.2) is 0 Å². The summed E-state index contributed by atoms with van der Waals surface area (Å²) in [6.07, 6.45) is 5.08. The number of hydrogen-bond donors (Lipinski definition) is 2. The van der Waals surface area contributed by atoms with Crippen molar-refractivity contribution in [3.05, 3.63) is 0 Å². The van der Waals surface area contributed by atoms with Crippen molar-refractivity contribution in [3.63, 3.8) is 0 Å². The lowest BCUT2D eigenvalue weighted by atomic mass is 9.76. The van der Waals surface area contributed by atoms with Crippen molar-refractivity contribution in [2.24, 2.45) is 17.6 Å². The minimum atomic E-state index is -0.0572. The van der Waals surface area contributed by atoms with Crippen LogP contribution in [0, 0.1) is 11.8 Å². The minimum Gasteiger partial charge on any atom is -0.351 e. The molecule has 3 N–H and O–H groups in total. The Morgan fingerprint density at radius 2 is 1.94 bits per heavy atom. The minimum absolute atomic E-state index is 0.0572. The second-order valence-corrected chi connectivity index (χ2v) is 5.82. The molecule has 3 nitrogen and oxygen atoms in total. The van der Waals surface area contributed by atoms with Crippen molar-refractivity contribution in [2.45, 2.75) is 71.4 Å². The molecule has 0 heterocycles. The Morgan fingerprint density at radius 3 is 2.47 bits per heavy atom. The van der Waals surface area contributed by atoms with Crippen LogP contribution >= 0.6 is 0 Å². The van der Waals surface area contributed by atoms with Crippen molar-refractivity contribution in [3.8, 4) is 0 Å². The maximum atomic E-state index is 12.3. The van der Waals surface area contributed by atoms with Crippen molar-refractivity contribution in [1.29, 1.82) is 0 Å². The van der Waals surface area contributed by atoms with Gasteiger partial charge >= 0.3 is 0 Å². The first-order valence-corrected chi connectivity index (χ1v) is 7.01. The van der Waals surface area contributed by atoms with Crippen LogP contribution in [0.1, 0.15) is 59.8 Å². The second kappa shape index (κ2) is 5.85. The number of rotatable bonds is 4. The molecule has 1 fully saturated rings. The highest BCUT2D eigenvalue weighted by molar-refractivity contribution is 5.79. The van der Waals surface area contributed by atoms with Crippen LogP contribution in [0.4, 0.5) is 0 Å². The summed E-state index contributed by atoms with van der Waals surface area (Å²) >= 11 is 0. The van der Waals surface area contributed by atoms with Crippen LogP contribution in [-0.4, -0.2) is 17.5 Å². The molecular weight excluding hydrogens is 212 g/mol. The predicted molar refractivity (Wildman–Crippen MR) is 71.6 cm³/mol. The molecule has 0 aliphatic heterocycles. The average molecular weight is 240 g/mol. The largest absolute Gasteiger partial charge is 0.351 e. The summed E-state index contributed by atoms with van der Waals surface area (Å²) in [5.74, 6) is 0.622. The van der Waals surface area contributed by atoms with E-state index in [1.807, 2.05) is 0 Å². The lowest BCUT2D eigenvalue weighted by Crippen LogP contribution is -2.51. The van der Waals surface area contributed by atoms with Gasteiger partial charge in [-0.25, -0.2) is 0 Å². The van der Waals surface area contributed by atoms with Crippen LogP contribution in [0.3, 0.4) is 0 Å². The molecule has 0 saturated heterocycles. The summed E-state index contributed by atoms with van der Waals surface area (Å²) in [4.78, 5) is 12.3. The zero-order valence-corrected chi connectivity index (χ0v) is 11.8. The molecule has 3 atom stereocenters. The highest BCUT2D eigenvalue weighted by atomic mass is 16.2. The molecule has 100 valence electrons. The second-order valence-electron chi connectivity index (χ2n) is 5.82. The summed E-state index contributed by atoms with van der Waals surface area (Å²) < 4.78 is 0. The number of nitrogens with two attached hydrogens (primary N) is 1. The molecule has 0 aromatic carbocycles. The molecule has 17 heavy (non-hydrogen) atoms. The molecule has 3 unspecified atom stereocenters. The zero-order valence-electron chi connectivity index (χ0n) is 11.8. The van der Waals surface area contributed by atoms with Gasteiger partial charge in [0, 0.05) is 17.5 Å². The summed E-state index contributed by atoms with van der Waals surface area (Å²) in [6, 6.07) is 0.189. The van der Waals surface area contributed by atoms with Crippen LogP contribution in [0.15, 0.2) is 0 Å². The normalized spacial score (nSPS) is 30.1. The van der Waals surface area contributed by atoms with E-state index in [1.165, 1.54) is 0 Å². The zero-order chi connectivity index (χ0) is 13.1. The molecule has 0 spiro atoms. The SMILES string of the molecule is CCC(C)(CC)NC(=O)C1CCCC(N)C1C. The molecule has 0 radical (unpaired) electrons. The Bertz CT molecular complexity index is 261.